The molecule has 0 saturated carbocycles. The van der Waals surface area contributed by atoms with Gasteiger partial charge < -0.3 is 19.5 Å². The van der Waals surface area contributed by atoms with E-state index in [0.29, 0.717) is 38.0 Å². The molecule has 0 aliphatic carbocycles. The van der Waals surface area contributed by atoms with Crippen molar-refractivity contribution >= 4 is 5.91 Å². The molecule has 1 N–H and O–H groups in total. The van der Waals surface area contributed by atoms with Crippen LogP contribution in [0.15, 0.2) is 18.2 Å². The molecule has 132 valence electrons. The van der Waals surface area contributed by atoms with Gasteiger partial charge in [0, 0.05) is 19.6 Å². The van der Waals surface area contributed by atoms with Gasteiger partial charge in [0.2, 0.25) is 5.91 Å². The van der Waals surface area contributed by atoms with Crippen LogP contribution in [0.25, 0.3) is 0 Å². The van der Waals surface area contributed by atoms with Gasteiger partial charge in [-0.1, -0.05) is 19.9 Å². The molecule has 2 aliphatic rings. The molecule has 2 aliphatic heterocycles. The third-order valence-corrected chi connectivity index (χ3v) is 4.74. The Balaban J connectivity index is 1.47. The van der Waals surface area contributed by atoms with E-state index in [1.165, 1.54) is 0 Å². The van der Waals surface area contributed by atoms with Crippen molar-refractivity contribution in [2.24, 2.45) is 11.8 Å². The Morgan fingerprint density at radius 1 is 1.21 bits per heavy atom. The summed E-state index contributed by atoms with van der Waals surface area (Å²) in [6.45, 7) is 6.80. The molecule has 0 bridgehead atoms. The van der Waals surface area contributed by atoms with Crippen LogP contribution in [0.2, 0.25) is 0 Å². The van der Waals surface area contributed by atoms with E-state index in [1.807, 2.05) is 18.2 Å². The first-order valence-electron chi connectivity index (χ1n) is 8.88. The van der Waals surface area contributed by atoms with Gasteiger partial charge in [0.1, 0.15) is 13.2 Å². The molecule has 5 heteroatoms. The van der Waals surface area contributed by atoms with Crippen molar-refractivity contribution < 1.29 is 19.0 Å². The number of nitrogens with one attached hydrogen (secondary N) is 1. The van der Waals surface area contributed by atoms with Gasteiger partial charge in [0.15, 0.2) is 11.5 Å². The van der Waals surface area contributed by atoms with Gasteiger partial charge in [-0.05, 0) is 42.4 Å². The van der Waals surface area contributed by atoms with Crippen LogP contribution in [0, 0.1) is 11.8 Å². The predicted octanol–water partition coefficient (Wildman–Crippen LogP) is 2.92. The van der Waals surface area contributed by atoms with Crippen molar-refractivity contribution in [3.05, 3.63) is 23.8 Å². The average Bonchev–Trinajstić information content (AvgIpc) is 2.60. The van der Waals surface area contributed by atoms with Gasteiger partial charge in [0.05, 0.1) is 6.10 Å². The maximum Gasteiger partial charge on any atom is 0.220 e. The number of amides is 1. The fourth-order valence-electron chi connectivity index (χ4n) is 3.28. The van der Waals surface area contributed by atoms with Crippen LogP contribution >= 0.6 is 0 Å². The fraction of sp³-hybridized carbons (Fsp3) is 0.632. The van der Waals surface area contributed by atoms with Gasteiger partial charge in [-0.3, -0.25) is 4.79 Å². The molecule has 1 aromatic carbocycles. The number of hydrogen-bond acceptors (Lipinski definition) is 4. The second-order valence-electron chi connectivity index (χ2n) is 7.00. The van der Waals surface area contributed by atoms with Gasteiger partial charge in [0.25, 0.3) is 0 Å². The van der Waals surface area contributed by atoms with Gasteiger partial charge in [-0.25, -0.2) is 0 Å². The second-order valence-corrected chi connectivity index (χ2v) is 7.00. The lowest BCUT2D eigenvalue weighted by Crippen LogP contribution is -2.33. The minimum Gasteiger partial charge on any atom is -0.486 e. The minimum absolute atomic E-state index is 0.110. The molecule has 2 heterocycles. The minimum atomic E-state index is 0.110. The first-order valence-corrected chi connectivity index (χ1v) is 8.88. The summed E-state index contributed by atoms with van der Waals surface area (Å²) in [7, 11) is 0. The summed E-state index contributed by atoms with van der Waals surface area (Å²) in [6, 6.07) is 5.82. The maximum atomic E-state index is 12.2. The third-order valence-electron chi connectivity index (χ3n) is 4.74. The molecular formula is C19H27NO4. The summed E-state index contributed by atoms with van der Waals surface area (Å²) in [5, 5.41) is 3.02. The summed E-state index contributed by atoms with van der Waals surface area (Å²) in [4.78, 5) is 12.2. The summed E-state index contributed by atoms with van der Waals surface area (Å²) in [6.07, 6.45) is 2.82. The zero-order valence-electron chi connectivity index (χ0n) is 14.5. The highest BCUT2D eigenvalue weighted by Gasteiger charge is 2.26. The highest BCUT2D eigenvalue weighted by molar-refractivity contribution is 5.76. The van der Waals surface area contributed by atoms with E-state index >= 15 is 0 Å². The molecule has 0 spiro atoms. The lowest BCUT2D eigenvalue weighted by molar-refractivity contribution is -0.123. The second kappa shape index (κ2) is 7.88. The summed E-state index contributed by atoms with van der Waals surface area (Å²) < 4.78 is 16.9. The first kappa shape index (κ1) is 17.1. The van der Waals surface area contributed by atoms with Crippen molar-refractivity contribution in [3.8, 4) is 11.5 Å². The van der Waals surface area contributed by atoms with Crippen LogP contribution in [0.1, 0.15) is 38.7 Å². The first-order chi connectivity index (χ1) is 11.6. The Bertz CT molecular complexity index is 572. The third kappa shape index (κ3) is 4.41. The SMILES string of the molecule is CC(C)[C@@H]1C[C@H](CC(=O)NCc2ccc3c(c2)OCCO3)CCO1. The molecule has 1 fully saturated rings. The van der Waals surface area contributed by atoms with E-state index in [1.54, 1.807) is 0 Å². The molecular weight excluding hydrogens is 306 g/mol. The van der Waals surface area contributed by atoms with E-state index in [4.69, 9.17) is 14.2 Å². The van der Waals surface area contributed by atoms with Crippen LogP contribution in [-0.2, 0) is 16.1 Å². The molecule has 0 radical (unpaired) electrons. The Labute approximate surface area is 143 Å². The lowest BCUT2D eigenvalue weighted by atomic mass is 9.88. The average molecular weight is 333 g/mol. The zero-order chi connectivity index (χ0) is 16.9. The maximum absolute atomic E-state index is 12.2. The Morgan fingerprint density at radius 2 is 2.00 bits per heavy atom. The topological polar surface area (TPSA) is 56.8 Å². The number of rotatable bonds is 5. The Hall–Kier alpha value is -1.75. The predicted molar refractivity (Wildman–Crippen MR) is 91.2 cm³/mol. The molecule has 1 aromatic rings. The molecule has 3 rings (SSSR count). The monoisotopic (exact) mass is 333 g/mol. The number of fused-ring (bicyclic) bond motifs is 1. The molecule has 1 amide bonds. The van der Waals surface area contributed by atoms with E-state index in [-0.39, 0.29) is 12.0 Å². The van der Waals surface area contributed by atoms with Crippen LogP contribution < -0.4 is 14.8 Å². The highest BCUT2D eigenvalue weighted by Crippen LogP contribution is 2.31. The zero-order valence-corrected chi connectivity index (χ0v) is 14.5. The normalized spacial score (nSPS) is 23.1. The van der Waals surface area contributed by atoms with E-state index in [2.05, 4.69) is 19.2 Å². The number of hydrogen-bond donors (Lipinski definition) is 1. The highest BCUT2D eigenvalue weighted by atomic mass is 16.6. The van der Waals surface area contributed by atoms with Crippen molar-refractivity contribution in [2.75, 3.05) is 19.8 Å². The van der Waals surface area contributed by atoms with Crippen molar-refractivity contribution in [2.45, 2.75) is 45.8 Å². The quantitative estimate of drug-likeness (QED) is 0.900. The van der Waals surface area contributed by atoms with Crippen molar-refractivity contribution in [1.29, 1.82) is 0 Å². The van der Waals surface area contributed by atoms with Gasteiger partial charge >= 0.3 is 0 Å². The molecule has 1 saturated heterocycles. The summed E-state index contributed by atoms with van der Waals surface area (Å²) in [5.74, 6) is 2.58. The smallest absolute Gasteiger partial charge is 0.220 e. The van der Waals surface area contributed by atoms with Gasteiger partial charge in [-0.15, -0.1) is 0 Å². The number of benzene rings is 1. The largest absolute Gasteiger partial charge is 0.486 e. The van der Waals surface area contributed by atoms with Crippen LogP contribution in [0.5, 0.6) is 11.5 Å². The summed E-state index contributed by atoms with van der Waals surface area (Å²) >= 11 is 0. The fourth-order valence-corrected chi connectivity index (χ4v) is 3.28. The lowest BCUT2D eigenvalue weighted by Gasteiger charge is -2.31. The molecule has 5 nitrogen and oxygen atoms in total. The van der Waals surface area contributed by atoms with Crippen LogP contribution in [0.4, 0.5) is 0 Å². The van der Waals surface area contributed by atoms with Crippen molar-refractivity contribution in [1.82, 2.24) is 5.32 Å². The van der Waals surface area contributed by atoms with E-state index in [9.17, 15) is 4.79 Å². The number of ether oxygens (including phenoxy) is 3. The molecule has 0 unspecified atom stereocenters. The Kier molecular flexibility index (Phi) is 5.61. The number of carbonyl (C=O) groups excluding carboxylic acids is 1. The molecule has 2 atom stereocenters. The molecule has 0 aromatic heterocycles. The van der Waals surface area contributed by atoms with Crippen molar-refractivity contribution in [3.63, 3.8) is 0 Å². The van der Waals surface area contributed by atoms with Gasteiger partial charge in [-0.2, -0.15) is 0 Å². The standard InChI is InChI=1S/C19H27NO4/c1-13(2)17-9-14(5-6-22-17)11-19(21)20-12-15-3-4-16-18(10-15)24-8-7-23-16/h3-4,10,13-14,17H,5-9,11-12H2,1-2H3,(H,20,21)/t14-,17+/m1/s1. The van der Waals surface area contributed by atoms with Crippen LogP contribution in [-0.4, -0.2) is 31.8 Å². The van der Waals surface area contributed by atoms with Crippen LogP contribution in [0.3, 0.4) is 0 Å². The molecule has 24 heavy (non-hydrogen) atoms. The summed E-state index contributed by atoms with van der Waals surface area (Å²) in [5.41, 5.74) is 1.03. The number of carbonyl (C=O) groups is 1. The van der Waals surface area contributed by atoms with E-state index in [0.717, 1.165) is 36.5 Å². The van der Waals surface area contributed by atoms with E-state index < -0.39 is 0 Å². The Morgan fingerprint density at radius 3 is 2.79 bits per heavy atom.